The minimum atomic E-state index is -1.45. The maximum absolute atomic E-state index is 13.4. The molecule has 3 heterocycles. The number of hydrogen-bond acceptors (Lipinski definition) is 18. The van der Waals surface area contributed by atoms with Crippen LogP contribution in [0.3, 0.4) is 0 Å². The number of likely N-dealkylation sites (N-methyl/N-ethyl adjacent to an activating group) is 1. The second-order valence-electron chi connectivity index (χ2n) is 17.1. The largest absolute Gasteiger partial charge is 0.462 e. The molecule has 0 aromatic heterocycles. The second-order valence-corrected chi connectivity index (χ2v) is 17.1. The zero-order valence-electron chi connectivity index (χ0n) is 38.9. The highest BCUT2D eigenvalue weighted by molar-refractivity contribution is 5.73. The Labute approximate surface area is 371 Å². The zero-order chi connectivity index (χ0) is 47.2. The Morgan fingerprint density at radius 3 is 2.16 bits per heavy atom. The highest BCUT2D eigenvalue weighted by Gasteiger charge is 2.54. The van der Waals surface area contributed by atoms with Gasteiger partial charge in [-0.05, 0) is 66.1 Å². The van der Waals surface area contributed by atoms with E-state index in [9.17, 15) is 33.9 Å². The first-order valence-electron chi connectivity index (χ1n) is 21.9. The third-order valence-corrected chi connectivity index (χ3v) is 11.5. The summed E-state index contributed by atoms with van der Waals surface area (Å²) < 4.78 is 60.7. The van der Waals surface area contributed by atoms with Gasteiger partial charge in [0.05, 0.1) is 30.8 Å². The van der Waals surface area contributed by atoms with Gasteiger partial charge < -0.3 is 62.2 Å². The van der Waals surface area contributed by atoms with Crippen LogP contribution in [-0.4, -0.2) is 153 Å². The molecule has 3 aliphatic rings. The smallest absolute Gasteiger partial charge is 0.309 e. The molecule has 63 heavy (non-hydrogen) atoms. The molecule has 0 aromatic carbocycles. The monoisotopic (exact) mass is 897 g/mol. The maximum atomic E-state index is 13.4. The van der Waals surface area contributed by atoms with Gasteiger partial charge in [0.25, 0.3) is 0 Å². The molecule has 0 aliphatic carbocycles. The van der Waals surface area contributed by atoms with Crippen molar-refractivity contribution < 1.29 is 81.2 Å². The highest BCUT2D eigenvalue weighted by atomic mass is 16.7. The van der Waals surface area contributed by atoms with E-state index in [2.05, 4.69) is 0 Å². The molecule has 0 aromatic rings. The molecule has 16 atom stereocenters. The number of nitrogens with zero attached hydrogens (tertiary/aromatic N) is 1. The van der Waals surface area contributed by atoms with Gasteiger partial charge in [0.15, 0.2) is 24.3 Å². The van der Waals surface area contributed by atoms with Crippen LogP contribution in [0, 0.1) is 11.8 Å². The molecule has 2 saturated heterocycles. The Morgan fingerprint density at radius 1 is 0.905 bits per heavy atom. The predicted molar refractivity (Wildman–Crippen MR) is 224 cm³/mol. The molecule has 3 rings (SSSR count). The van der Waals surface area contributed by atoms with Gasteiger partial charge >= 0.3 is 29.8 Å². The van der Waals surface area contributed by atoms with Crippen molar-refractivity contribution in [3.8, 4) is 0 Å². The van der Waals surface area contributed by atoms with E-state index in [4.69, 9.17) is 47.4 Å². The number of carbonyl (C=O) groups is 6. The molecule has 0 radical (unpaired) electrons. The summed E-state index contributed by atoms with van der Waals surface area (Å²) in [5.41, 5.74) is -1.33. The van der Waals surface area contributed by atoms with Crippen molar-refractivity contribution in [2.24, 2.45) is 11.8 Å². The molecule has 0 bridgehead atoms. The first kappa shape index (κ1) is 53.6. The van der Waals surface area contributed by atoms with Gasteiger partial charge in [0.2, 0.25) is 0 Å². The average molecular weight is 898 g/mol. The predicted octanol–water partition coefficient (Wildman–Crippen LogP) is 3.91. The van der Waals surface area contributed by atoms with Gasteiger partial charge in [-0.25, -0.2) is 0 Å². The van der Waals surface area contributed by atoms with E-state index in [1.807, 2.05) is 6.92 Å². The number of aliphatic hydroxyl groups is 1. The van der Waals surface area contributed by atoms with Gasteiger partial charge in [-0.1, -0.05) is 39.0 Å². The van der Waals surface area contributed by atoms with E-state index in [1.165, 1.54) is 21.0 Å². The fourth-order valence-electron chi connectivity index (χ4n) is 8.57. The maximum Gasteiger partial charge on any atom is 0.309 e. The molecule has 18 heteroatoms. The van der Waals surface area contributed by atoms with E-state index in [-0.39, 0.29) is 32.1 Å². The van der Waals surface area contributed by atoms with Crippen molar-refractivity contribution in [3.63, 3.8) is 0 Å². The lowest BCUT2D eigenvalue weighted by molar-refractivity contribution is -0.344. The number of carbonyl (C=O) groups excluding carboxylic acids is 6. The van der Waals surface area contributed by atoms with Gasteiger partial charge in [-0.15, -0.1) is 0 Å². The summed E-state index contributed by atoms with van der Waals surface area (Å²) in [6, 6.07) is -0.833. The van der Waals surface area contributed by atoms with Crippen LogP contribution in [0.25, 0.3) is 0 Å². The molecule has 0 unspecified atom stereocenters. The Kier molecular flexibility index (Phi) is 21.3. The highest BCUT2D eigenvalue weighted by Crippen LogP contribution is 2.39. The number of aldehydes is 1. The Morgan fingerprint density at radius 2 is 1.57 bits per heavy atom. The lowest BCUT2D eigenvalue weighted by Crippen LogP contribution is -2.66. The van der Waals surface area contributed by atoms with E-state index in [0.717, 1.165) is 0 Å². The van der Waals surface area contributed by atoms with Crippen molar-refractivity contribution in [2.75, 3.05) is 21.2 Å². The fourth-order valence-corrected chi connectivity index (χ4v) is 8.57. The first-order chi connectivity index (χ1) is 29.7. The Hall–Kier alpha value is -3.78. The number of esters is 5. The van der Waals surface area contributed by atoms with Crippen LogP contribution < -0.4 is 0 Å². The number of aliphatic hydroxyl groups excluding tert-OH is 1. The lowest BCUT2D eigenvalue weighted by Gasteiger charge is -2.50. The topological polar surface area (TPSA) is 218 Å². The second kappa shape index (κ2) is 25.1. The molecule has 2 fully saturated rings. The van der Waals surface area contributed by atoms with Crippen molar-refractivity contribution in [2.45, 2.75) is 193 Å². The van der Waals surface area contributed by atoms with Gasteiger partial charge in [0, 0.05) is 53.1 Å². The SMILES string of the molecule is CCC(=O)O[C@@H]1CC(=O)O[C@H](C)C/C=C/C=C[C@H](OC(C)=O)[C@H](C)C[C@H](CC=O)[C@H](O[C@@H]2O[C@H](C)[C@@H](O[C@H]3C[C@](C)(OC(C)=O)[C@@H](OC(=O)CC)[C@H](C)O3)[C@H](N(C)C)[C@H]2O)[C@H]1OC. The van der Waals surface area contributed by atoms with Crippen LogP contribution in [0.15, 0.2) is 24.3 Å². The van der Waals surface area contributed by atoms with E-state index in [0.29, 0.717) is 12.7 Å². The van der Waals surface area contributed by atoms with Crippen molar-refractivity contribution in [1.82, 2.24) is 4.90 Å². The number of hydrogen-bond donors (Lipinski definition) is 1. The lowest BCUT2D eigenvalue weighted by atomic mass is 9.82. The van der Waals surface area contributed by atoms with E-state index < -0.39 is 133 Å². The van der Waals surface area contributed by atoms with Gasteiger partial charge in [0.1, 0.15) is 42.9 Å². The van der Waals surface area contributed by atoms with Crippen LogP contribution in [-0.2, 0) is 76.1 Å². The summed E-state index contributed by atoms with van der Waals surface area (Å²) in [6.07, 6.45) is -4.48. The summed E-state index contributed by atoms with van der Waals surface area (Å²) in [5.74, 6) is -4.06. The van der Waals surface area contributed by atoms with Crippen molar-refractivity contribution in [1.29, 1.82) is 0 Å². The van der Waals surface area contributed by atoms with Crippen LogP contribution in [0.1, 0.15) is 107 Å². The minimum absolute atomic E-state index is 0.0260. The van der Waals surface area contributed by atoms with Gasteiger partial charge in [-0.2, -0.15) is 0 Å². The molecule has 1 N–H and O–H groups in total. The first-order valence-corrected chi connectivity index (χ1v) is 21.9. The van der Waals surface area contributed by atoms with Crippen molar-refractivity contribution >= 4 is 36.1 Å². The molecule has 0 spiro atoms. The summed E-state index contributed by atoms with van der Waals surface area (Å²) in [6.45, 7) is 14.4. The number of cyclic esters (lactones) is 1. The minimum Gasteiger partial charge on any atom is -0.462 e. The Bertz CT molecular complexity index is 1590. The van der Waals surface area contributed by atoms with Crippen LogP contribution in [0.5, 0.6) is 0 Å². The number of rotatable bonds is 14. The van der Waals surface area contributed by atoms with E-state index in [1.54, 1.807) is 84.8 Å². The molecule has 3 aliphatic heterocycles. The number of allylic oxidation sites excluding steroid dienone is 2. The van der Waals surface area contributed by atoms with Crippen LogP contribution in [0.4, 0.5) is 0 Å². The normalized spacial score (nSPS) is 37.6. The van der Waals surface area contributed by atoms with E-state index >= 15 is 0 Å². The molecule has 358 valence electrons. The molecule has 0 saturated carbocycles. The molecule has 18 nitrogen and oxygen atoms in total. The van der Waals surface area contributed by atoms with Crippen LogP contribution >= 0.6 is 0 Å². The molecule has 0 amide bonds. The third-order valence-electron chi connectivity index (χ3n) is 11.5. The average Bonchev–Trinajstić information content (AvgIpc) is 3.18. The molecular weight excluding hydrogens is 826 g/mol. The summed E-state index contributed by atoms with van der Waals surface area (Å²) in [7, 11) is 4.82. The van der Waals surface area contributed by atoms with Crippen LogP contribution in [0.2, 0.25) is 0 Å². The zero-order valence-corrected chi connectivity index (χ0v) is 38.9. The molecular formula is C45H71NO17. The fraction of sp³-hybridized carbons (Fsp3) is 0.778. The summed E-state index contributed by atoms with van der Waals surface area (Å²) in [5, 5.41) is 12.2. The number of ether oxygens (including phenoxy) is 10. The third kappa shape index (κ3) is 15.4. The Balaban J connectivity index is 2.09. The van der Waals surface area contributed by atoms with Gasteiger partial charge in [-0.3, -0.25) is 24.0 Å². The quantitative estimate of drug-likeness (QED) is 0.148. The number of methoxy groups -OCH3 is 1. The van der Waals surface area contributed by atoms with Crippen molar-refractivity contribution in [3.05, 3.63) is 24.3 Å². The summed E-state index contributed by atoms with van der Waals surface area (Å²) in [4.78, 5) is 77.6. The summed E-state index contributed by atoms with van der Waals surface area (Å²) >= 11 is 0. The standard InChI is InChI=1S/C45H71NO17/c1-13-34(50)59-33-23-36(52)55-26(4)18-16-15-17-19-32(58-29(7)48)25(3)22-31(20-21-47)41(42(33)54-12)62-44-39(53)38(46(10)11)40(27(5)57-44)61-37-24-45(9,63-30(8)49)43(28(6)56-37)60-35(51)14-2/h15-17,19,21,25-28,31-33,37-44,53H,13-14,18,20,22-24H2,1-12H3/b16-15+,19-17?/t25-,26-,27-,28+,31+,32+,33-,37+,38-,39-,40-,41+,42+,43+,44+,45+/m1/s1.